The maximum Gasteiger partial charge on any atom is 0.340 e. The fraction of sp³-hybridized carbons (Fsp3) is 0.342. The number of carbonyl (C=O) groups is 3. The van der Waals surface area contributed by atoms with Gasteiger partial charge in [0.2, 0.25) is 0 Å². The van der Waals surface area contributed by atoms with E-state index < -0.39 is 17.8 Å². The third kappa shape index (κ3) is 6.18. The van der Waals surface area contributed by atoms with Crippen molar-refractivity contribution in [3.63, 3.8) is 0 Å². The lowest BCUT2D eigenvalue weighted by atomic mass is 9.62. The summed E-state index contributed by atoms with van der Waals surface area (Å²) in [6.07, 6.45) is 8.90. The predicted octanol–water partition coefficient (Wildman–Crippen LogP) is 6.79. The van der Waals surface area contributed by atoms with Gasteiger partial charge in [-0.3, -0.25) is 9.59 Å². The monoisotopic (exact) mass is 588 g/mol. The van der Waals surface area contributed by atoms with E-state index in [1.165, 1.54) is 28.3 Å². The average Bonchev–Trinajstić information content (AvgIpc) is 3.28. The van der Waals surface area contributed by atoms with Crippen LogP contribution in [0, 0.1) is 18.3 Å². The zero-order valence-corrected chi connectivity index (χ0v) is 25.6. The third-order valence-corrected chi connectivity index (χ3v) is 9.39. The molecule has 0 aromatic heterocycles. The van der Waals surface area contributed by atoms with Crippen LogP contribution in [0.15, 0.2) is 96.1 Å². The van der Waals surface area contributed by atoms with Crippen molar-refractivity contribution >= 4 is 29.5 Å². The van der Waals surface area contributed by atoms with Gasteiger partial charge in [-0.2, -0.15) is 0 Å². The Balaban J connectivity index is 1.25. The Morgan fingerprint density at radius 2 is 1.73 bits per heavy atom. The van der Waals surface area contributed by atoms with Gasteiger partial charge in [0.25, 0.3) is 11.8 Å². The number of benzene rings is 3. The molecular weight excluding hydrogens is 548 g/mol. The Labute approximate surface area is 260 Å². The minimum absolute atomic E-state index is 0.223. The van der Waals surface area contributed by atoms with Crippen LogP contribution in [0.4, 0.5) is 5.69 Å². The molecular formula is C38H40N2O4. The van der Waals surface area contributed by atoms with E-state index in [1.54, 1.807) is 31.2 Å². The number of fused-ring (bicyclic) bond motifs is 2. The number of rotatable bonds is 9. The number of hydrogen-bond acceptors (Lipinski definition) is 5. The van der Waals surface area contributed by atoms with E-state index in [0.29, 0.717) is 11.5 Å². The molecule has 1 aliphatic carbocycles. The molecule has 6 nitrogen and oxygen atoms in total. The van der Waals surface area contributed by atoms with Crippen molar-refractivity contribution in [2.24, 2.45) is 11.3 Å². The molecule has 3 aromatic rings. The van der Waals surface area contributed by atoms with E-state index >= 15 is 0 Å². The second-order valence-electron chi connectivity index (χ2n) is 12.6. The van der Waals surface area contributed by atoms with E-state index in [2.05, 4.69) is 72.5 Å². The van der Waals surface area contributed by atoms with E-state index in [-0.39, 0.29) is 23.3 Å². The molecule has 0 spiro atoms. The number of esters is 1. The first-order valence-corrected chi connectivity index (χ1v) is 15.7. The Bertz CT molecular complexity index is 1610. The normalized spacial score (nSPS) is 22.8. The first kappa shape index (κ1) is 29.8. The van der Waals surface area contributed by atoms with Crippen molar-refractivity contribution in [2.45, 2.75) is 46.0 Å². The van der Waals surface area contributed by atoms with Gasteiger partial charge >= 0.3 is 5.97 Å². The minimum atomic E-state index is -0.516. The number of anilines is 1. The topological polar surface area (TPSA) is 66.9 Å². The average molecular weight is 589 g/mol. The summed E-state index contributed by atoms with van der Waals surface area (Å²) < 4.78 is 6.18. The molecule has 0 unspecified atom stereocenters. The maximum absolute atomic E-state index is 13.7. The maximum atomic E-state index is 13.7. The number of piperidine rings is 1. The lowest BCUT2D eigenvalue weighted by molar-refractivity contribution is -0.120. The zero-order chi connectivity index (χ0) is 30.7. The fourth-order valence-corrected chi connectivity index (χ4v) is 7.16. The number of carbonyl (C=O) groups excluding carboxylic acids is 3. The summed E-state index contributed by atoms with van der Waals surface area (Å²) >= 11 is 0. The third-order valence-electron chi connectivity index (χ3n) is 9.39. The van der Waals surface area contributed by atoms with Gasteiger partial charge < -0.3 is 9.64 Å². The standard InChI is InChI=1S/C38H40N2O4/c1-27-16-18-30(19-17-27)23-33-31-13-8-20-38(33,25-39(24-31)21-9-12-29-10-4-3-5-11-29)26-44-37(43)32-14-6-7-15-34(32)40-35(41)22-28(2)36(40)42/h3-7,10-11,14-19,22-23,31H,8-9,12-13,20-21,24-26H2,1-2H3/t31-,38+/m1/s1. The number of para-hydroxylation sites is 1. The van der Waals surface area contributed by atoms with Gasteiger partial charge in [-0.15, -0.1) is 0 Å². The molecule has 2 aliphatic heterocycles. The van der Waals surface area contributed by atoms with Gasteiger partial charge in [0, 0.05) is 30.2 Å². The summed E-state index contributed by atoms with van der Waals surface area (Å²) in [5.74, 6) is -0.970. The van der Waals surface area contributed by atoms with Crippen molar-refractivity contribution in [3.8, 4) is 0 Å². The SMILES string of the molecule is CC1=CC(=O)N(c2ccccc2C(=O)OC[C@]23CCC[C@H](CN(CCCc4ccccc4)C2)C3=Cc2ccc(C)cc2)C1=O. The highest BCUT2D eigenvalue weighted by atomic mass is 16.5. The van der Waals surface area contributed by atoms with Crippen molar-refractivity contribution in [1.82, 2.24) is 4.90 Å². The van der Waals surface area contributed by atoms with Crippen molar-refractivity contribution < 1.29 is 19.1 Å². The molecule has 0 N–H and O–H groups in total. The summed E-state index contributed by atoms with van der Waals surface area (Å²) in [5.41, 5.74) is 5.66. The molecule has 3 aromatic carbocycles. The van der Waals surface area contributed by atoms with Gasteiger partial charge in [-0.25, -0.2) is 9.69 Å². The van der Waals surface area contributed by atoms with Crippen LogP contribution in [-0.4, -0.2) is 48.9 Å². The highest BCUT2D eigenvalue weighted by molar-refractivity contribution is 6.31. The highest BCUT2D eigenvalue weighted by Gasteiger charge is 2.47. The molecule has 1 saturated carbocycles. The van der Waals surface area contributed by atoms with Crippen LogP contribution >= 0.6 is 0 Å². The fourth-order valence-electron chi connectivity index (χ4n) is 7.16. The number of hydrogen-bond donors (Lipinski definition) is 0. The Morgan fingerprint density at radius 1 is 0.977 bits per heavy atom. The number of amides is 2. The molecule has 44 heavy (non-hydrogen) atoms. The molecule has 226 valence electrons. The number of aryl methyl sites for hydroxylation is 2. The molecule has 6 heteroatoms. The molecule has 3 aliphatic rings. The second kappa shape index (κ2) is 12.7. The number of imide groups is 1. The van der Waals surface area contributed by atoms with E-state index in [0.717, 1.165) is 56.6 Å². The first-order chi connectivity index (χ1) is 21.3. The Kier molecular flexibility index (Phi) is 8.62. The summed E-state index contributed by atoms with van der Waals surface area (Å²) in [4.78, 5) is 42.7. The van der Waals surface area contributed by atoms with Crippen LogP contribution in [0.3, 0.4) is 0 Å². The molecule has 6 rings (SSSR count). The van der Waals surface area contributed by atoms with Crippen LogP contribution in [0.1, 0.15) is 59.7 Å². The van der Waals surface area contributed by atoms with Crippen LogP contribution in [0.25, 0.3) is 6.08 Å². The first-order valence-electron chi connectivity index (χ1n) is 15.7. The van der Waals surface area contributed by atoms with Crippen molar-refractivity contribution in [2.75, 3.05) is 31.1 Å². The molecule has 1 saturated heterocycles. The van der Waals surface area contributed by atoms with Gasteiger partial charge in [-0.1, -0.05) is 90.4 Å². The number of ether oxygens (including phenoxy) is 1. The molecule has 2 fully saturated rings. The minimum Gasteiger partial charge on any atom is -0.461 e. The van der Waals surface area contributed by atoms with Gasteiger partial charge in [0.15, 0.2) is 0 Å². The summed E-state index contributed by atoms with van der Waals surface area (Å²) in [7, 11) is 0. The van der Waals surface area contributed by atoms with Crippen LogP contribution in [-0.2, 0) is 20.7 Å². The lowest BCUT2D eigenvalue weighted by Gasteiger charge is -2.51. The molecule has 2 bridgehead atoms. The molecule has 2 amide bonds. The largest absolute Gasteiger partial charge is 0.461 e. The quantitative estimate of drug-likeness (QED) is 0.203. The van der Waals surface area contributed by atoms with Gasteiger partial charge in [0.1, 0.15) is 6.61 Å². The van der Waals surface area contributed by atoms with Crippen molar-refractivity contribution in [1.29, 1.82) is 0 Å². The highest BCUT2D eigenvalue weighted by Crippen LogP contribution is 2.49. The predicted molar refractivity (Wildman–Crippen MR) is 173 cm³/mol. The number of nitrogens with zero attached hydrogens (tertiary/aromatic N) is 2. The second-order valence-corrected chi connectivity index (χ2v) is 12.6. The van der Waals surface area contributed by atoms with Crippen LogP contribution < -0.4 is 4.90 Å². The lowest BCUT2D eigenvalue weighted by Crippen LogP contribution is -2.53. The van der Waals surface area contributed by atoms with Crippen LogP contribution in [0.2, 0.25) is 0 Å². The van der Waals surface area contributed by atoms with E-state index in [4.69, 9.17) is 4.74 Å². The van der Waals surface area contributed by atoms with E-state index in [9.17, 15) is 14.4 Å². The number of likely N-dealkylation sites (tertiary alicyclic amines) is 1. The molecule has 2 heterocycles. The summed E-state index contributed by atoms with van der Waals surface area (Å²) in [5, 5.41) is 0. The van der Waals surface area contributed by atoms with Crippen molar-refractivity contribution in [3.05, 3.63) is 118 Å². The van der Waals surface area contributed by atoms with Gasteiger partial charge in [0.05, 0.1) is 11.3 Å². The van der Waals surface area contributed by atoms with E-state index in [1.807, 2.05) is 0 Å². The zero-order valence-electron chi connectivity index (χ0n) is 25.6. The molecule has 0 radical (unpaired) electrons. The smallest absolute Gasteiger partial charge is 0.340 e. The molecule has 2 atom stereocenters. The summed E-state index contributed by atoms with van der Waals surface area (Å²) in [6, 6.07) is 26.0. The Hall–Kier alpha value is -4.29. The van der Waals surface area contributed by atoms with Crippen LogP contribution in [0.5, 0.6) is 0 Å². The Morgan fingerprint density at radius 3 is 2.48 bits per heavy atom. The van der Waals surface area contributed by atoms with Gasteiger partial charge in [-0.05, 0) is 75.3 Å². The summed E-state index contributed by atoms with van der Waals surface area (Å²) in [6.45, 7) is 6.79.